The minimum atomic E-state index is -0.879. The predicted molar refractivity (Wildman–Crippen MR) is 105 cm³/mol. The smallest absolute Gasteiger partial charge is 0.340 e. The van der Waals surface area contributed by atoms with Gasteiger partial charge in [0.15, 0.2) is 11.3 Å². The number of phenols is 2. The number of aliphatic carboxylic acids is 1. The van der Waals surface area contributed by atoms with E-state index in [0.29, 0.717) is 10.9 Å². The number of carboxylic acids is 1. The average molecular weight is 403 g/mol. The number of aryl methyl sites for hydroxylation is 1. The Hall–Kier alpha value is -3.03. The molecule has 0 bridgehead atoms. The topological polar surface area (TPSA) is 137 Å². The molecule has 8 nitrogen and oxygen atoms in total. The molecule has 0 spiro atoms. The van der Waals surface area contributed by atoms with E-state index in [1.165, 1.54) is 12.1 Å². The molecule has 4 N–H and O–H groups in total. The minimum Gasteiger partial charge on any atom is -0.504 e. The molecular formula is C21H25NO7. The molecule has 2 aromatic rings. The molecule has 0 radical (unpaired) electrons. The van der Waals surface area contributed by atoms with Crippen molar-refractivity contribution in [3.05, 3.63) is 33.7 Å². The monoisotopic (exact) mass is 403 g/mol. The van der Waals surface area contributed by atoms with Gasteiger partial charge in [0, 0.05) is 11.9 Å². The maximum Gasteiger partial charge on any atom is 0.340 e. The SMILES string of the molecule is Cc1c(CC(=O)NCC2(CC(=O)O)CCCCC2)c(=O)oc2c(O)c(O)ccc12. The third-order valence-electron chi connectivity index (χ3n) is 5.85. The Labute approximate surface area is 167 Å². The van der Waals surface area contributed by atoms with Gasteiger partial charge >= 0.3 is 11.6 Å². The van der Waals surface area contributed by atoms with E-state index in [1.807, 2.05) is 0 Å². The van der Waals surface area contributed by atoms with Gasteiger partial charge in [-0.15, -0.1) is 0 Å². The Morgan fingerprint density at radius 3 is 2.52 bits per heavy atom. The van der Waals surface area contributed by atoms with Crippen molar-refractivity contribution in [3.8, 4) is 11.5 Å². The zero-order valence-corrected chi connectivity index (χ0v) is 16.3. The number of hydrogen-bond acceptors (Lipinski definition) is 6. The van der Waals surface area contributed by atoms with Gasteiger partial charge in [0.25, 0.3) is 0 Å². The van der Waals surface area contributed by atoms with Crippen LogP contribution < -0.4 is 10.9 Å². The first-order chi connectivity index (χ1) is 13.7. The van der Waals surface area contributed by atoms with Crippen LogP contribution in [0.3, 0.4) is 0 Å². The molecule has 1 aliphatic rings. The first-order valence-electron chi connectivity index (χ1n) is 9.68. The number of amides is 1. The lowest BCUT2D eigenvalue weighted by Gasteiger charge is -2.36. The van der Waals surface area contributed by atoms with Crippen LogP contribution in [0.15, 0.2) is 21.3 Å². The van der Waals surface area contributed by atoms with Crippen LogP contribution in [0, 0.1) is 12.3 Å². The fraction of sp³-hybridized carbons (Fsp3) is 0.476. The van der Waals surface area contributed by atoms with Gasteiger partial charge in [-0.05, 0) is 42.9 Å². The number of nitrogens with one attached hydrogen (secondary N) is 1. The number of carbonyl (C=O) groups is 2. The van der Waals surface area contributed by atoms with Gasteiger partial charge < -0.3 is 25.1 Å². The van der Waals surface area contributed by atoms with Crippen molar-refractivity contribution >= 4 is 22.8 Å². The van der Waals surface area contributed by atoms with Gasteiger partial charge in [-0.25, -0.2) is 4.79 Å². The number of hydrogen-bond donors (Lipinski definition) is 4. The first kappa shape index (κ1) is 20.7. The van der Waals surface area contributed by atoms with Crippen molar-refractivity contribution in [1.82, 2.24) is 5.32 Å². The number of benzene rings is 1. The number of fused-ring (bicyclic) bond motifs is 1. The van der Waals surface area contributed by atoms with Crippen molar-refractivity contribution in [1.29, 1.82) is 0 Å². The second-order valence-corrected chi connectivity index (χ2v) is 7.89. The molecule has 8 heteroatoms. The zero-order valence-electron chi connectivity index (χ0n) is 16.3. The summed E-state index contributed by atoms with van der Waals surface area (Å²) in [6.45, 7) is 1.90. The third kappa shape index (κ3) is 4.36. The summed E-state index contributed by atoms with van der Waals surface area (Å²) in [4.78, 5) is 36.1. The van der Waals surface area contributed by atoms with Crippen molar-refractivity contribution in [3.63, 3.8) is 0 Å². The fourth-order valence-electron chi connectivity index (χ4n) is 4.18. The lowest BCUT2D eigenvalue weighted by Crippen LogP contribution is -2.41. The Morgan fingerprint density at radius 2 is 1.86 bits per heavy atom. The van der Waals surface area contributed by atoms with Crippen LogP contribution in [0.2, 0.25) is 0 Å². The summed E-state index contributed by atoms with van der Waals surface area (Å²) in [6.07, 6.45) is 4.23. The molecule has 156 valence electrons. The molecule has 0 aliphatic heterocycles. The van der Waals surface area contributed by atoms with E-state index >= 15 is 0 Å². The van der Waals surface area contributed by atoms with Gasteiger partial charge in [0.2, 0.25) is 11.7 Å². The quantitative estimate of drug-likeness (QED) is 0.430. The standard InChI is InChI=1S/C21H25NO7/c1-12-13-5-6-15(23)18(27)19(13)29-20(28)14(12)9-16(24)22-11-21(10-17(25)26)7-3-2-4-8-21/h5-6,23,27H,2-4,7-11H2,1H3,(H,22,24)(H,25,26). The second-order valence-electron chi connectivity index (χ2n) is 7.89. The van der Waals surface area contributed by atoms with Gasteiger partial charge in [-0.1, -0.05) is 19.3 Å². The van der Waals surface area contributed by atoms with Gasteiger partial charge in [-0.3, -0.25) is 9.59 Å². The van der Waals surface area contributed by atoms with Crippen molar-refractivity contribution in [2.45, 2.75) is 51.9 Å². The van der Waals surface area contributed by atoms with Crippen LogP contribution in [0.5, 0.6) is 11.5 Å². The molecule has 1 saturated carbocycles. The molecule has 1 aliphatic carbocycles. The summed E-state index contributed by atoms with van der Waals surface area (Å²) in [6, 6.07) is 2.79. The minimum absolute atomic E-state index is 0.00713. The predicted octanol–water partition coefficient (Wildman–Crippen LogP) is 2.60. The zero-order chi connectivity index (χ0) is 21.2. The van der Waals surface area contributed by atoms with Crippen LogP contribution in [-0.2, 0) is 16.0 Å². The number of phenolic OH excluding ortho intramolecular Hbond substituents is 2. The first-order valence-corrected chi connectivity index (χ1v) is 9.68. The van der Waals surface area contributed by atoms with E-state index in [-0.39, 0.29) is 30.5 Å². The highest BCUT2D eigenvalue weighted by molar-refractivity contribution is 5.89. The summed E-state index contributed by atoms with van der Waals surface area (Å²) in [5, 5.41) is 31.9. The normalized spacial score (nSPS) is 15.9. The molecule has 1 heterocycles. The van der Waals surface area contributed by atoms with E-state index in [1.54, 1.807) is 6.92 Å². The third-order valence-corrected chi connectivity index (χ3v) is 5.85. The van der Waals surface area contributed by atoms with Crippen LogP contribution in [0.25, 0.3) is 11.0 Å². The number of aromatic hydroxyl groups is 2. The maximum absolute atomic E-state index is 12.5. The van der Waals surface area contributed by atoms with Crippen molar-refractivity contribution in [2.75, 3.05) is 6.54 Å². The molecule has 1 fully saturated rings. The largest absolute Gasteiger partial charge is 0.504 e. The maximum atomic E-state index is 12.5. The van der Waals surface area contributed by atoms with E-state index in [4.69, 9.17) is 4.42 Å². The Morgan fingerprint density at radius 1 is 1.17 bits per heavy atom. The fourth-order valence-corrected chi connectivity index (χ4v) is 4.18. The molecule has 1 amide bonds. The van der Waals surface area contributed by atoms with E-state index in [2.05, 4.69) is 5.32 Å². The Kier molecular flexibility index (Phi) is 5.81. The number of carboxylic acid groups (broad SMARTS) is 1. The molecular weight excluding hydrogens is 378 g/mol. The van der Waals surface area contributed by atoms with Crippen molar-refractivity contribution < 1.29 is 29.3 Å². The van der Waals surface area contributed by atoms with Gasteiger partial charge in [0.1, 0.15) is 0 Å². The highest BCUT2D eigenvalue weighted by Crippen LogP contribution is 2.39. The Balaban J connectivity index is 1.78. The van der Waals surface area contributed by atoms with Crippen molar-refractivity contribution in [2.24, 2.45) is 5.41 Å². The van der Waals surface area contributed by atoms with Crippen LogP contribution >= 0.6 is 0 Å². The molecule has 29 heavy (non-hydrogen) atoms. The second kappa shape index (κ2) is 8.14. The number of carbonyl (C=O) groups excluding carboxylic acids is 1. The summed E-state index contributed by atoms with van der Waals surface area (Å²) in [5.74, 6) is -2.19. The van der Waals surface area contributed by atoms with Crippen LogP contribution in [0.4, 0.5) is 0 Å². The van der Waals surface area contributed by atoms with E-state index in [0.717, 1.165) is 32.1 Å². The molecule has 0 atom stereocenters. The summed E-state index contributed by atoms with van der Waals surface area (Å²) in [7, 11) is 0. The summed E-state index contributed by atoms with van der Waals surface area (Å²) in [5.41, 5.74) is -0.689. The molecule has 1 aromatic carbocycles. The van der Waals surface area contributed by atoms with Crippen LogP contribution in [-0.4, -0.2) is 33.7 Å². The van der Waals surface area contributed by atoms with E-state index in [9.17, 15) is 29.7 Å². The number of rotatable bonds is 6. The lowest BCUT2D eigenvalue weighted by atomic mass is 9.71. The summed E-state index contributed by atoms with van der Waals surface area (Å²) >= 11 is 0. The highest BCUT2D eigenvalue weighted by atomic mass is 16.4. The molecule has 3 rings (SSSR count). The molecule has 1 aromatic heterocycles. The summed E-state index contributed by atoms with van der Waals surface area (Å²) < 4.78 is 5.13. The Bertz CT molecular complexity index is 1000. The average Bonchev–Trinajstić information content (AvgIpc) is 2.67. The lowest BCUT2D eigenvalue weighted by molar-refractivity contribution is -0.140. The van der Waals surface area contributed by atoms with Gasteiger partial charge in [-0.2, -0.15) is 0 Å². The van der Waals surface area contributed by atoms with Gasteiger partial charge in [0.05, 0.1) is 18.4 Å². The van der Waals surface area contributed by atoms with Crippen LogP contribution in [0.1, 0.15) is 49.7 Å². The molecule has 0 saturated heterocycles. The van der Waals surface area contributed by atoms with E-state index < -0.39 is 34.4 Å². The molecule has 0 unspecified atom stereocenters. The highest BCUT2D eigenvalue weighted by Gasteiger charge is 2.34.